The van der Waals surface area contributed by atoms with Crippen LogP contribution in [0.15, 0.2) is 17.2 Å². The Morgan fingerprint density at radius 1 is 1.24 bits per heavy atom. The van der Waals surface area contributed by atoms with Crippen molar-refractivity contribution < 1.29 is 8.42 Å². The smallest absolute Gasteiger partial charge is 0.242 e. The van der Waals surface area contributed by atoms with E-state index >= 15 is 0 Å². The summed E-state index contributed by atoms with van der Waals surface area (Å²) in [6.07, 6.45) is 3.54. The number of aryl methyl sites for hydroxylation is 1. The molecule has 0 unspecified atom stereocenters. The summed E-state index contributed by atoms with van der Waals surface area (Å²) in [7, 11) is -1.54. The third-order valence-electron chi connectivity index (χ3n) is 3.29. The lowest BCUT2D eigenvalue weighted by Crippen LogP contribution is -2.27. The van der Waals surface area contributed by atoms with Gasteiger partial charge in [0.05, 0.1) is 4.90 Å². The highest BCUT2D eigenvalue weighted by atomic mass is 32.2. The summed E-state index contributed by atoms with van der Waals surface area (Å²) < 4.78 is 29.1. The van der Waals surface area contributed by atoms with Crippen molar-refractivity contribution in [3.63, 3.8) is 0 Å². The SMILES string of the molecule is CCCNCc1cc(S(=O)(=O)NCCC(C)(C)C)cn1C. The van der Waals surface area contributed by atoms with Crippen LogP contribution in [-0.2, 0) is 23.6 Å². The largest absolute Gasteiger partial charge is 0.352 e. The fourth-order valence-corrected chi connectivity index (χ4v) is 3.06. The Bertz CT molecular complexity index is 542. The Labute approximate surface area is 129 Å². The Hall–Kier alpha value is -0.850. The van der Waals surface area contributed by atoms with Crippen molar-refractivity contribution in [1.82, 2.24) is 14.6 Å². The third kappa shape index (κ3) is 6.20. The predicted octanol–water partition coefficient (Wildman–Crippen LogP) is 2.24. The van der Waals surface area contributed by atoms with Gasteiger partial charge in [0.2, 0.25) is 10.0 Å². The van der Waals surface area contributed by atoms with Crippen LogP contribution in [0.25, 0.3) is 0 Å². The van der Waals surface area contributed by atoms with Crippen LogP contribution in [0, 0.1) is 5.41 Å². The van der Waals surface area contributed by atoms with Crippen LogP contribution in [0.3, 0.4) is 0 Å². The van der Waals surface area contributed by atoms with E-state index in [0.717, 1.165) is 25.1 Å². The molecule has 21 heavy (non-hydrogen) atoms. The number of hydrogen-bond acceptors (Lipinski definition) is 3. The molecule has 0 saturated heterocycles. The van der Waals surface area contributed by atoms with E-state index in [4.69, 9.17) is 0 Å². The maximum atomic E-state index is 12.3. The van der Waals surface area contributed by atoms with Crippen molar-refractivity contribution in [2.45, 2.75) is 52.0 Å². The molecular formula is C15H29N3O2S. The van der Waals surface area contributed by atoms with E-state index in [0.29, 0.717) is 18.0 Å². The standard InChI is InChI=1S/C15H29N3O2S/c1-6-8-16-11-13-10-14(12-18(13)5)21(19,20)17-9-7-15(2,3)4/h10,12,16-17H,6-9,11H2,1-5H3. The second kappa shape index (κ2) is 7.42. The number of hydrogen-bond donors (Lipinski definition) is 2. The summed E-state index contributed by atoms with van der Waals surface area (Å²) in [6.45, 7) is 10.5. The minimum absolute atomic E-state index is 0.119. The molecule has 0 radical (unpaired) electrons. The van der Waals surface area contributed by atoms with Crippen LogP contribution in [0.5, 0.6) is 0 Å². The average molecular weight is 315 g/mol. The fraction of sp³-hybridized carbons (Fsp3) is 0.733. The van der Waals surface area contributed by atoms with Gasteiger partial charge in [-0.1, -0.05) is 27.7 Å². The first kappa shape index (κ1) is 18.2. The highest BCUT2D eigenvalue weighted by Crippen LogP contribution is 2.18. The van der Waals surface area contributed by atoms with Gasteiger partial charge in [-0.25, -0.2) is 13.1 Å². The zero-order chi connectivity index (χ0) is 16.1. The fourth-order valence-electron chi connectivity index (χ4n) is 1.94. The van der Waals surface area contributed by atoms with E-state index in [2.05, 4.69) is 37.7 Å². The summed E-state index contributed by atoms with van der Waals surface area (Å²) >= 11 is 0. The Morgan fingerprint density at radius 3 is 2.48 bits per heavy atom. The van der Waals surface area contributed by atoms with Gasteiger partial charge in [0.25, 0.3) is 0 Å². The van der Waals surface area contributed by atoms with Gasteiger partial charge < -0.3 is 9.88 Å². The molecule has 0 spiro atoms. The van der Waals surface area contributed by atoms with Gasteiger partial charge in [-0.3, -0.25) is 0 Å². The van der Waals surface area contributed by atoms with E-state index in [1.807, 2.05) is 11.6 Å². The molecule has 5 nitrogen and oxygen atoms in total. The summed E-state index contributed by atoms with van der Waals surface area (Å²) in [5.74, 6) is 0. The number of aromatic nitrogens is 1. The van der Waals surface area contributed by atoms with E-state index in [1.165, 1.54) is 0 Å². The lowest BCUT2D eigenvalue weighted by atomic mass is 9.93. The first-order chi connectivity index (χ1) is 9.65. The molecule has 0 bridgehead atoms. The summed E-state index contributed by atoms with van der Waals surface area (Å²) in [5, 5.41) is 3.28. The molecule has 0 aliphatic carbocycles. The lowest BCUT2D eigenvalue weighted by Gasteiger charge is -2.17. The normalized spacial score (nSPS) is 12.8. The Kier molecular flexibility index (Phi) is 6.43. The summed E-state index contributed by atoms with van der Waals surface area (Å²) in [4.78, 5) is 0.340. The van der Waals surface area contributed by atoms with Crippen LogP contribution in [0.1, 0.15) is 46.2 Å². The van der Waals surface area contributed by atoms with Crippen molar-refractivity contribution >= 4 is 10.0 Å². The van der Waals surface area contributed by atoms with Gasteiger partial charge in [0.15, 0.2) is 0 Å². The Morgan fingerprint density at radius 2 is 1.90 bits per heavy atom. The van der Waals surface area contributed by atoms with E-state index < -0.39 is 10.0 Å². The van der Waals surface area contributed by atoms with Gasteiger partial charge in [-0.05, 0) is 30.9 Å². The molecule has 1 aromatic rings. The van der Waals surface area contributed by atoms with E-state index in [9.17, 15) is 8.42 Å². The molecule has 2 N–H and O–H groups in total. The topological polar surface area (TPSA) is 63.1 Å². The van der Waals surface area contributed by atoms with E-state index in [-0.39, 0.29) is 5.41 Å². The van der Waals surface area contributed by atoms with Crippen LogP contribution < -0.4 is 10.0 Å². The molecule has 0 aromatic carbocycles. The monoisotopic (exact) mass is 315 g/mol. The summed E-state index contributed by atoms with van der Waals surface area (Å²) in [6, 6.07) is 1.74. The van der Waals surface area contributed by atoms with Crippen LogP contribution in [0.2, 0.25) is 0 Å². The number of nitrogens with one attached hydrogen (secondary N) is 2. The average Bonchev–Trinajstić information content (AvgIpc) is 2.70. The van der Waals surface area contributed by atoms with Crippen molar-refractivity contribution in [2.24, 2.45) is 12.5 Å². The van der Waals surface area contributed by atoms with Gasteiger partial charge in [-0.2, -0.15) is 0 Å². The number of nitrogens with zero attached hydrogens (tertiary/aromatic N) is 1. The maximum Gasteiger partial charge on any atom is 0.242 e. The molecule has 0 atom stereocenters. The van der Waals surface area contributed by atoms with Gasteiger partial charge in [0, 0.05) is 32.0 Å². The first-order valence-corrected chi connectivity index (χ1v) is 8.99. The second-order valence-corrected chi connectivity index (χ2v) is 8.43. The second-order valence-electron chi connectivity index (χ2n) is 6.66. The van der Waals surface area contributed by atoms with E-state index in [1.54, 1.807) is 12.3 Å². The maximum absolute atomic E-state index is 12.3. The minimum Gasteiger partial charge on any atom is -0.352 e. The molecule has 1 heterocycles. The molecule has 0 fully saturated rings. The molecule has 0 aliphatic heterocycles. The molecule has 0 saturated carbocycles. The third-order valence-corrected chi connectivity index (χ3v) is 4.72. The first-order valence-electron chi connectivity index (χ1n) is 7.51. The molecule has 1 aromatic heterocycles. The van der Waals surface area contributed by atoms with Gasteiger partial charge >= 0.3 is 0 Å². The number of rotatable bonds is 8. The minimum atomic E-state index is -3.41. The van der Waals surface area contributed by atoms with Crippen LogP contribution in [0.4, 0.5) is 0 Å². The zero-order valence-electron chi connectivity index (χ0n) is 13.9. The Balaban J connectivity index is 2.68. The van der Waals surface area contributed by atoms with Crippen molar-refractivity contribution in [3.05, 3.63) is 18.0 Å². The zero-order valence-corrected chi connectivity index (χ0v) is 14.7. The molecule has 0 aliphatic rings. The highest BCUT2D eigenvalue weighted by Gasteiger charge is 2.18. The van der Waals surface area contributed by atoms with Crippen molar-refractivity contribution in [1.29, 1.82) is 0 Å². The molecule has 6 heteroatoms. The molecule has 1 rings (SSSR count). The number of sulfonamides is 1. The summed E-state index contributed by atoms with van der Waals surface area (Å²) in [5.41, 5.74) is 1.09. The highest BCUT2D eigenvalue weighted by molar-refractivity contribution is 7.89. The quantitative estimate of drug-likeness (QED) is 0.723. The van der Waals surface area contributed by atoms with Gasteiger partial charge in [-0.15, -0.1) is 0 Å². The molecule has 0 amide bonds. The van der Waals surface area contributed by atoms with Crippen molar-refractivity contribution in [2.75, 3.05) is 13.1 Å². The molecule has 122 valence electrons. The van der Waals surface area contributed by atoms with Crippen LogP contribution in [-0.4, -0.2) is 26.1 Å². The predicted molar refractivity (Wildman–Crippen MR) is 86.7 cm³/mol. The molecular weight excluding hydrogens is 286 g/mol. The van der Waals surface area contributed by atoms with Crippen molar-refractivity contribution in [3.8, 4) is 0 Å². The lowest BCUT2D eigenvalue weighted by molar-refractivity contribution is 0.378. The van der Waals surface area contributed by atoms with Gasteiger partial charge in [0.1, 0.15) is 0 Å². The van der Waals surface area contributed by atoms with Crippen LogP contribution >= 0.6 is 0 Å².